The summed E-state index contributed by atoms with van der Waals surface area (Å²) in [5.41, 5.74) is 7.90. The Balaban J connectivity index is 1.94. The number of pyridine rings is 1. The zero-order valence-electron chi connectivity index (χ0n) is 15.3. The number of hydrogen-bond acceptors (Lipinski definition) is 5. The zero-order valence-corrected chi connectivity index (χ0v) is 16.8. The molecule has 0 aliphatic rings. The SMILES string of the molecule is COc1ccc(CNc2c(NCCC(N)=O)cnc3ccc(Br)c(F)c23)cc1. The van der Waals surface area contributed by atoms with Crippen LogP contribution in [0.2, 0.25) is 0 Å². The second kappa shape index (κ2) is 8.88. The third kappa shape index (κ3) is 4.51. The van der Waals surface area contributed by atoms with Crippen LogP contribution >= 0.6 is 15.9 Å². The van der Waals surface area contributed by atoms with Crippen LogP contribution in [0.1, 0.15) is 12.0 Å². The highest BCUT2D eigenvalue weighted by Crippen LogP contribution is 2.35. The number of carbonyl (C=O) groups excluding carboxylic acids is 1. The van der Waals surface area contributed by atoms with Crippen LogP contribution in [0.5, 0.6) is 5.75 Å². The number of nitrogens with one attached hydrogen (secondary N) is 2. The number of nitrogens with zero attached hydrogens (tertiary/aromatic N) is 1. The van der Waals surface area contributed by atoms with Gasteiger partial charge in [-0.1, -0.05) is 12.1 Å². The molecule has 146 valence electrons. The number of halogens is 2. The number of methoxy groups -OCH3 is 1. The van der Waals surface area contributed by atoms with Gasteiger partial charge < -0.3 is 21.1 Å². The van der Waals surface area contributed by atoms with Gasteiger partial charge in [0.25, 0.3) is 0 Å². The molecule has 0 aliphatic carbocycles. The molecule has 0 bridgehead atoms. The summed E-state index contributed by atoms with van der Waals surface area (Å²) < 4.78 is 20.4. The van der Waals surface area contributed by atoms with Crippen molar-refractivity contribution in [2.75, 3.05) is 24.3 Å². The van der Waals surface area contributed by atoms with E-state index >= 15 is 0 Å². The Hall–Kier alpha value is -2.87. The number of rotatable bonds is 8. The summed E-state index contributed by atoms with van der Waals surface area (Å²) in [7, 11) is 1.61. The third-order valence-corrected chi connectivity index (χ3v) is 4.85. The van der Waals surface area contributed by atoms with Crippen molar-refractivity contribution in [2.24, 2.45) is 5.73 Å². The standard InChI is InChI=1S/C20H20BrFN4O2/c1-28-13-4-2-12(3-5-13)10-26-20-16(24-9-8-17(23)27)11-25-15-7-6-14(21)19(22)18(15)20/h2-7,11,24H,8-10H2,1H3,(H2,23,27)(H,25,26). The highest BCUT2D eigenvalue weighted by molar-refractivity contribution is 9.10. The van der Waals surface area contributed by atoms with Crippen molar-refractivity contribution in [3.63, 3.8) is 0 Å². The van der Waals surface area contributed by atoms with Crippen molar-refractivity contribution in [1.29, 1.82) is 0 Å². The van der Waals surface area contributed by atoms with Crippen molar-refractivity contribution in [3.05, 3.63) is 58.4 Å². The third-order valence-electron chi connectivity index (χ3n) is 4.24. The Morgan fingerprint density at radius 1 is 1.21 bits per heavy atom. The lowest BCUT2D eigenvalue weighted by atomic mass is 10.1. The van der Waals surface area contributed by atoms with Gasteiger partial charge in [-0.25, -0.2) is 4.39 Å². The van der Waals surface area contributed by atoms with Crippen LogP contribution in [-0.2, 0) is 11.3 Å². The Morgan fingerprint density at radius 2 is 1.96 bits per heavy atom. The van der Waals surface area contributed by atoms with Gasteiger partial charge in [-0.05, 0) is 45.8 Å². The maximum Gasteiger partial charge on any atom is 0.219 e. The van der Waals surface area contributed by atoms with E-state index in [2.05, 4.69) is 31.5 Å². The maximum absolute atomic E-state index is 14.9. The lowest BCUT2D eigenvalue weighted by Gasteiger charge is -2.17. The first-order valence-corrected chi connectivity index (χ1v) is 9.44. The molecule has 1 heterocycles. The van der Waals surface area contributed by atoms with Gasteiger partial charge in [0.05, 0.1) is 40.1 Å². The van der Waals surface area contributed by atoms with E-state index in [1.807, 2.05) is 24.3 Å². The zero-order chi connectivity index (χ0) is 20.1. The molecule has 28 heavy (non-hydrogen) atoms. The second-order valence-corrected chi connectivity index (χ2v) is 7.00. The molecule has 0 saturated carbocycles. The van der Waals surface area contributed by atoms with Crippen LogP contribution in [0.4, 0.5) is 15.8 Å². The number of anilines is 2. The number of nitrogens with two attached hydrogens (primary N) is 1. The van der Waals surface area contributed by atoms with Crippen LogP contribution in [0.25, 0.3) is 10.9 Å². The molecule has 1 amide bonds. The van der Waals surface area contributed by atoms with Gasteiger partial charge in [-0.15, -0.1) is 0 Å². The molecule has 3 aromatic rings. The van der Waals surface area contributed by atoms with Crippen LogP contribution in [-0.4, -0.2) is 24.5 Å². The van der Waals surface area contributed by atoms with E-state index in [-0.39, 0.29) is 6.42 Å². The first kappa shape index (κ1) is 19.9. The number of carbonyl (C=O) groups is 1. The molecule has 3 rings (SSSR count). The molecule has 0 aliphatic heterocycles. The Bertz CT molecular complexity index is 996. The van der Waals surface area contributed by atoms with E-state index in [0.717, 1.165) is 11.3 Å². The van der Waals surface area contributed by atoms with E-state index in [1.165, 1.54) is 0 Å². The largest absolute Gasteiger partial charge is 0.497 e. The number of aromatic nitrogens is 1. The van der Waals surface area contributed by atoms with Crippen molar-refractivity contribution < 1.29 is 13.9 Å². The quantitative estimate of drug-likeness (QED) is 0.485. The minimum absolute atomic E-state index is 0.164. The minimum atomic E-state index is -0.414. The van der Waals surface area contributed by atoms with Gasteiger partial charge >= 0.3 is 0 Å². The van der Waals surface area contributed by atoms with Crippen LogP contribution in [0.15, 0.2) is 47.1 Å². The molecule has 0 unspecified atom stereocenters. The number of amides is 1. The fraction of sp³-hybridized carbons (Fsp3) is 0.200. The van der Waals surface area contributed by atoms with E-state index in [9.17, 15) is 9.18 Å². The van der Waals surface area contributed by atoms with Crippen molar-refractivity contribution in [2.45, 2.75) is 13.0 Å². The van der Waals surface area contributed by atoms with Crippen molar-refractivity contribution in [3.8, 4) is 5.75 Å². The molecule has 0 radical (unpaired) electrons. The summed E-state index contributed by atoms with van der Waals surface area (Å²) in [6.45, 7) is 0.801. The van der Waals surface area contributed by atoms with Gasteiger partial charge in [-0.2, -0.15) is 0 Å². The topological polar surface area (TPSA) is 89.3 Å². The summed E-state index contributed by atoms with van der Waals surface area (Å²) in [5.74, 6) is -0.0504. The summed E-state index contributed by atoms with van der Waals surface area (Å²) in [6.07, 6.45) is 1.78. The number of ether oxygens (including phenoxy) is 1. The molecule has 0 spiro atoms. The summed E-state index contributed by atoms with van der Waals surface area (Å²) in [6, 6.07) is 11.0. The monoisotopic (exact) mass is 446 g/mol. The molecule has 1 aromatic heterocycles. The average molecular weight is 447 g/mol. The molecule has 2 aromatic carbocycles. The number of fused-ring (bicyclic) bond motifs is 1. The first-order valence-electron chi connectivity index (χ1n) is 8.65. The van der Waals surface area contributed by atoms with Gasteiger partial charge in [0.2, 0.25) is 5.91 Å². The molecule has 4 N–H and O–H groups in total. The molecular weight excluding hydrogens is 427 g/mol. The lowest BCUT2D eigenvalue weighted by molar-refractivity contribution is -0.117. The van der Waals surface area contributed by atoms with E-state index < -0.39 is 11.7 Å². The molecule has 0 saturated heterocycles. The molecule has 0 fully saturated rings. The van der Waals surface area contributed by atoms with Gasteiger partial charge in [-0.3, -0.25) is 9.78 Å². The van der Waals surface area contributed by atoms with E-state index in [0.29, 0.717) is 39.8 Å². The van der Waals surface area contributed by atoms with Gasteiger partial charge in [0, 0.05) is 19.5 Å². The highest BCUT2D eigenvalue weighted by Gasteiger charge is 2.15. The number of hydrogen-bond donors (Lipinski definition) is 3. The van der Waals surface area contributed by atoms with Crippen molar-refractivity contribution >= 4 is 44.1 Å². The summed E-state index contributed by atoms with van der Waals surface area (Å²) >= 11 is 3.23. The van der Waals surface area contributed by atoms with Gasteiger partial charge in [0.15, 0.2) is 0 Å². The van der Waals surface area contributed by atoms with Crippen LogP contribution in [0.3, 0.4) is 0 Å². The lowest BCUT2D eigenvalue weighted by Crippen LogP contribution is -2.16. The number of primary amides is 1. The highest BCUT2D eigenvalue weighted by atomic mass is 79.9. The van der Waals surface area contributed by atoms with Crippen LogP contribution < -0.4 is 21.1 Å². The summed E-state index contributed by atoms with van der Waals surface area (Å²) in [4.78, 5) is 15.3. The predicted molar refractivity (Wildman–Crippen MR) is 112 cm³/mol. The molecule has 0 atom stereocenters. The van der Waals surface area contributed by atoms with E-state index in [1.54, 1.807) is 25.4 Å². The fourth-order valence-electron chi connectivity index (χ4n) is 2.79. The Labute approximate surface area is 170 Å². The molecular formula is C20H20BrFN4O2. The normalized spacial score (nSPS) is 10.7. The number of benzene rings is 2. The fourth-order valence-corrected chi connectivity index (χ4v) is 3.12. The van der Waals surface area contributed by atoms with Crippen molar-refractivity contribution in [1.82, 2.24) is 4.98 Å². The van der Waals surface area contributed by atoms with Gasteiger partial charge in [0.1, 0.15) is 11.6 Å². The molecule has 6 nitrogen and oxygen atoms in total. The maximum atomic E-state index is 14.9. The first-order chi connectivity index (χ1) is 13.5. The van der Waals surface area contributed by atoms with E-state index in [4.69, 9.17) is 10.5 Å². The second-order valence-electron chi connectivity index (χ2n) is 6.15. The smallest absolute Gasteiger partial charge is 0.219 e. The minimum Gasteiger partial charge on any atom is -0.497 e. The van der Waals surface area contributed by atoms with Crippen LogP contribution in [0, 0.1) is 5.82 Å². The average Bonchev–Trinajstić information content (AvgIpc) is 2.69. The molecule has 8 heteroatoms. The predicted octanol–water partition coefficient (Wildman–Crippen LogP) is 4.04. The Kier molecular flexibility index (Phi) is 6.30. The Morgan fingerprint density at radius 3 is 2.64 bits per heavy atom. The summed E-state index contributed by atoms with van der Waals surface area (Å²) in [5, 5.41) is 6.77.